The van der Waals surface area contributed by atoms with E-state index in [4.69, 9.17) is 5.26 Å². The summed E-state index contributed by atoms with van der Waals surface area (Å²) in [6.07, 6.45) is 2.74. The molecule has 0 saturated carbocycles. The second-order valence-electron chi connectivity index (χ2n) is 4.40. The number of aromatic nitrogens is 1. The van der Waals surface area contributed by atoms with E-state index in [1.807, 2.05) is 6.07 Å². The molecule has 0 radical (unpaired) electrons. The van der Waals surface area contributed by atoms with Gasteiger partial charge in [0.25, 0.3) is 0 Å². The summed E-state index contributed by atoms with van der Waals surface area (Å²) in [5.74, 6) is 0.409. The lowest BCUT2D eigenvalue weighted by Gasteiger charge is -2.23. The molecule has 17 heavy (non-hydrogen) atoms. The van der Waals surface area contributed by atoms with E-state index >= 15 is 0 Å². The highest BCUT2D eigenvalue weighted by Crippen LogP contribution is 2.17. The monoisotopic (exact) mass is 253 g/mol. The molecule has 0 fully saturated rings. The fourth-order valence-corrected chi connectivity index (χ4v) is 1.40. The van der Waals surface area contributed by atoms with Crippen LogP contribution in [0.2, 0.25) is 0 Å². The van der Waals surface area contributed by atoms with Crippen LogP contribution in [0.3, 0.4) is 0 Å². The van der Waals surface area contributed by atoms with Crippen LogP contribution in [-0.2, 0) is 9.84 Å². The lowest BCUT2D eigenvalue weighted by molar-refractivity contribution is 0.559. The van der Waals surface area contributed by atoms with Crippen molar-refractivity contribution in [3.8, 4) is 6.07 Å². The highest BCUT2D eigenvalue weighted by molar-refractivity contribution is 7.92. The molecule has 0 spiro atoms. The molecule has 0 aliphatic carbocycles. The van der Waals surface area contributed by atoms with Crippen LogP contribution in [0.25, 0.3) is 0 Å². The van der Waals surface area contributed by atoms with Gasteiger partial charge < -0.3 is 5.32 Å². The van der Waals surface area contributed by atoms with E-state index < -0.39 is 14.6 Å². The quantitative estimate of drug-likeness (QED) is 0.871. The van der Waals surface area contributed by atoms with Crippen LogP contribution in [0, 0.1) is 11.3 Å². The van der Waals surface area contributed by atoms with Crippen molar-refractivity contribution in [2.24, 2.45) is 0 Å². The van der Waals surface area contributed by atoms with E-state index in [9.17, 15) is 8.42 Å². The van der Waals surface area contributed by atoms with Gasteiger partial charge in [-0.1, -0.05) is 0 Å². The van der Waals surface area contributed by atoms with E-state index in [2.05, 4.69) is 10.3 Å². The third kappa shape index (κ3) is 3.17. The predicted molar refractivity (Wildman–Crippen MR) is 66.4 cm³/mol. The van der Waals surface area contributed by atoms with Gasteiger partial charge in [0, 0.05) is 19.0 Å². The van der Waals surface area contributed by atoms with E-state index in [0.29, 0.717) is 11.4 Å². The first-order valence-corrected chi connectivity index (χ1v) is 6.95. The number of pyridine rings is 1. The molecule has 0 aliphatic rings. The number of rotatable bonds is 4. The highest BCUT2D eigenvalue weighted by atomic mass is 32.2. The van der Waals surface area contributed by atoms with Crippen molar-refractivity contribution in [2.45, 2.75) is 18.6 Å². The lowest BCUT2D eigenvalue weighted by atomic mass is 10.2. The van der Waals surface area contributed by atoms with Crippen molar-refractivity contribution < 1.29 is 8.42 Å². The largest absolute Gasteiger partial charge is 0.367 e. The molecule has 1 heterocycles. The summed E-state index contributed by atoms with van der Waals surface area (Å²) in [6.45, 7) is 3.46. The second kappa shape index (κ2) is 4.72. The summed E-state index contributed by atoms with van der Waals surface area (Å²) in [5, 5.41) is 11.8. The molecule has 0 aliphatic heterocycles. The Bertz CT molecular complexity index is 544. The van der Waals surface area contributed by atoms with Gasteiger partial charge in [-0.05, 0) is 26.0 Å². The Labute approximate surface area is 101 Å². The van der Waals surface area contributed by atoms with Gasteiger partial charge in [-0.3, -0.25) is 0 Å². The number of nitrogens with one attached hydrogen (secondary N) is 1. The molecular weight excluding hydrogens is 238 g/mol. The van der Waals surface area contributed by atoms with Crippen LogP contribution in [0.1, 0.15) is 19.4 Å². The van der Waals surface area contributed by atoms with E-state index in [1.165, 1.54) is 6.26 Å². The standard InChI is InChI=1S/C11H15N3O2S/c1-11(2,17(3,15)16)8-14-10-9(7-12)5-4-6-13-10/h4-6H,8H2,1-3H3,(H,13,14). The van der Waals surface area contributed by atoms with Crippen LogP contribution in [0.4, 0.5) is 5.82 Å². The van der Waals surface area contributed by atoms with Crippen LogP contribution in [-0.4, -0.2) is 30.9 Å². The fraction of sp³-hybridized carbons (Fsp3) is 0.455. The van der Waals surface area contributed by atoms with E-state index in [0.717, 1.165) is 0 Å². The normalized spacial score (nSPS) is 11.9. The number of anilines is 1. The summed E-state index contributed by atoms with van der Waals surface area (Å²) in [7, 11) is -3.17. The van der Waals surface area contributed by atoms with E-state index in [1.54, 1.807) is 32.2 Å². The molecule has 0 amide bonds. The van der Waals surface area contributed by atoms with Crippen LogP contribution >= 0.6 is 0 Å². The maximum absolute atomic E-state index is 11.5. The molecule has 1 N–H and O–H groups in total. The molecule has 5 nitrogen and oxygen atoms in total. The maximum atomic E-state index is 11.5. The number of hydrogen-bond acceptors (Lipinski definition) is 5. The maximum Gasteiger partial charge on any atom is 0.154 e. The van der Waals surface area contributed by atoms with Crippen molar-refractivity contribution in [3.05, 3.63) is 23.9 Å². The second-order valence-corrected chi connectivity index (χ2v) is 7.05. The minimum Gasteiger partial charge on any atom is -0.367 e. The molecule has 0 unspecified atom stereocenters. The Morgan fingerprint density at radius 2 is 2.18 bits per heavy atom. The number of nitriles is 1. The smallest absolute Gasteiger partial charge is 0.154 e. The molecule has 0 atom stereocenters. The molecule has 0 aromatic carbocycles. The zero-order valence-corrected chi connectivity index (χ0v) is 10.9. The van der Waals surface area contributed by atoms with E-state index in [-0.39, 0.29) is 6.54 Å². The SMILES string of the molecule is CC(C)(CNc1ncccc1C#N)S(C)(=O)=O. The van der Waals surface area contributed by atoms with Crippen LogP contribution in [0.5, 0.6) is 0 Å². The minimum atomic E-state index is -3.17. The third-order valence-corrected chi connectivity index (χ3v) is 4.77. The summed E-state index contributed by atoms with van der Waals surface area (Å²) < 4.78 is 22.1. The molecule has 1 aromatic heterocycles. The summed E-state index contributed by atoms with van der Waals surface area (Å²) >= 11 is 0. The summed E-state index contributed by atoms with van der Waals surface area (Å²) in [5.41, 5.74) is 0.400. The Kier molecular flexibility index (Phi) is 3.73. The van der Waals surface area contributed by atoms with Gasteiger partial charge in [-0.15, -0.1) is 0 Å². The molecule has 1 rings (SSSR count). The first kappa shape index (κ1) is 13.5. The van der Waals surface area contributed by atoms with Crippen molar-refractivity contribution in [1.82, 2.24) is 4.98 Å². The Morgan fingerprint density at radius 3 is 2.71 bits per heavy atom. The van der Waals surface area contributed by atoms with Gasteiger partial charge >= 0.3 is 0 Å². The molecule has 92 valence electrons. The Hall–Kier alpha value is -1.61. The number of sulfone groups is 1. The molecule has 6 heteroatoms. The molecular formula is C11H15N3O2S. The summed E-state index contributed by atoms with van der Waals surface area (Å²) in [4.78, 5) is 4.01. The zero-order chi connectivity index (χ0) is 13.1. The minimum absolute atomic E-state index is 0.206. The van der Waals surface area contributed by atoms with Crippen molar-refractivity contribution in [3.63, 3.8) is 0 Å². The van der Waals surface area contributed by atoms with Crippen LogP contribution < -0.4 is 5.32 Å². The molecule has 0 saturated heterocycles. The van der Waals surface area contributed by atoms with Crippen molar-refractivity contribution in [2.75, 3.05) is 18.1 Å². The zero-order valence-electron chi connectivity index (χ0n) is 10.1. The number of hydrogen-bond donors (Lipinski definition) is 1. The van der Waals surface area contributed by atoms with Gasteiger partial charge in [0.05, 0.1) is 10.3 Å². The third-order valence-electron chi connectivity index (χ3n) is 2.61. The van der Waals surface area contributed by atoms with Gasteiger partial charge in [-0.2, -0.15) is 5.26 Å². The average molecular weight is 253 g/mol. The Balaban J connectivity index is 2.86. The van der Waals surface area contributed by atoms with Gasteiger partial charge in [0.1, 0.15) is 11.9 Å². The lowest BCUT2D eigenvalue weighted by Crippen LogP contribution is -2.38. The van der Waals surface area contributed by atoms with Gasteiger partial charge in [-0.25, -0.2) is 13.4 Å². The molecule has 1 aromatic rings. The van der Waals surface area contributed by atoms with Gasteiger partial charge in [0.2, 0.25) is 0 Å². The first-order valence-electron chi connectivity index (χ1n) is 5.06. The average Bonchev–Trinajstić information content (AvgIpc) is 2.25. The Morgan fingerprint density at radius 1 is 1.53 bits per heavy atom. The van der Waals surface area contributed by atoms with Crippen molar-refractivity contribution >= 4 is 15.7 Å². The molecule has 0 bridgehead atoms. The van der Waals surface area contributed by atoms with Crippen molar-refractivity contribution in [1.29, 1.82) is 5.26 Å². The number of nitrogens with zero attached hydrogens (tertiary/aromatic N) is 2. The summed E-state index contributed by atoms with van der Waals surface area (Å²) in [6, 6.07) is 5.28. The van der Waals surface area contributed by atoms with Gasteiger partial charge in [0.15, 0.2) is 9.84 Å². The fourth-order valence-electron chi connectivity index (χ4n) is 1.06. The first-order chi connectivity index (χ1) is 7.78. The highest BCUT2D eigenvalue weighted by Gasteiger charge is 2.30. The predicted octanol–water partition coefficient (Wildman–Crippen LogP) is 1.19. The van der Waals surface area contributed by atoms with Crippen LogP contribution in [0.15, 0.2) is 18.3 Å². The topological polar surface area (TPSA) is 82.8 Å².